The van der Waals surface area contributed by atoms with Crippen LogP contribution in [0.1, 0.15) is 10.7 Å². The average Bonchev–Trinajstić information content (AvgIpc) is 3.31. The maximum atomic E-state index is 12.3. The first-order valence-corrected chi connectivity index (χ1v) is 10.4. The fourth-order valence-electron chi connectivity index (χ4n) is 2.79. The molecule has 1 N–H and O–H groups in total. The summed E-state index contributed by atoms with van der Waals surface area (Å²) in [6.07, 6.45) is 0.755. The third kappa shape index (κ3) is 4.20. The molecular weight excluding hydrogens is 376 g/mol. The van der Waals surface area contributed by atoms with Gasteiger partial charge in [0.15, 0.2) is 5.16 Å². The lowest BCUT2D eigenvalue weighted by Gasteiger charge is -2.07. The minimum atomic E-state index is -0.0573. The second-order valence-electron chi connectivity index (χ2n) is 6.11. The summed E-state index contributed by atoms with van der Waals surface area (Å²) >= 11 is 3.10. The molecule has 0 fully saturated rings. The lowest BCUT2D eigenvalue weighted by molar-refractivity contribution is -0.113. The van der Waals surface area contributed by atoms with Crippen LogP contribution in [0.4, 0.5) is 5.69 Å². The lowest BCUT2D eigenvalue weighted by Crippen LogP contribution is -2.14. The van der Waals surface area contributed by atoms with Gasteiger partial charge in [0.1, 0.15) is 5.82 Å². The largest absolute Gasteiger partial charge is 0.325 e. The van der Waals surface area contributed by atoms with E-state index in [2.05, 4.69) is 33.0 Å². The van der Waals surface area contributed by atoms with Crippen LogP contribution >= 0.6 is 23.1 Å². The van der Waals surface area contributed by atoms with Gasteiger partial charge in [-0.05, 0) is 34.4 Å². The van der Waals surface area contributed by atoms with Gasteiger partial charge in [-0.1, -0.05) is 48.2 Å². The van der Waals surface area contributed by atoms with E-state index in [0.29, 0.717) is 0 Å². The van der Waals surface area contributed by atoms with E-state index < -0.39 is 0 Å². The molecule has 0 aliphatic rings. The Bertz CT molecular complexity index is 1070. The van der Waals surface area contributed by atoms with Crippen molar-refractivity contribution in [1.82, 2.24) is 14.8 Å². The van der Waals surface area contributed by atoms with Crippen molar-refractivity contribution in [3.05, 3.63) is 70.7 Å². The zero-order chi connectivity index (χ0) is 18.6. The molecule has 0 saturated carbocycles. The van der Waals surface area contributed by atoms with E-state index in [-0.39, 0.29) is 11.7 Å². The Kier molecular flexibility index (Phi) is 5.22. The van der Waals surface area contributed by atoms with Gasteiger partial charge in [-0.15, -0.1) is 21.5 Å². The second-order valence-corrected chi connectivity index (χ2v) is 8.09. The molecule has 0 bridgehead atoms. The highest BCUT2D eigenvalue weighted by atomic mass is 32.2. The quantitative estimate of drug-likeness (QED) is 0.494. The molecule has 5 nitrogen and oxygen atoms in total. The van der Waals surface area contributed by atoms with E-state index in [1.54, 1.807) is 11.3 Å². The Morgan fingerprint density at radius 1 is 1.11 bits per heavy atom. The number of carbonyl (C=O) groups is 1. The molecule has 4 rings (SSSR count). The third-order valence-corrected chi connectivity index (χ3v) is 6.10. The van der Waals surface area contributed by atoms with Crippen molar-refractivity contribution in [3.8, 4) is 0 Å². The molecule has 0 atom stereocenters. The topological polar surface area (TPSA) is 59.8 Å². The zero-order valence-electron chi connectivity index (χ0n) is 14.8. The van der Waals surface area contributed by atoms with Gasteiger partial charge in [0.25, 0.3) is 0 Å². The number of anilines is 1. The van der Waals surface area contributed by atoms with Crippen LogP contribution in [-0.2, 0) is 18.3 Å². The van der Waals surface area contributed by atoms with Gasteiger partial charge in [-0.3, -0.25) is 4.79 Å². The molecule has 136 valence electrons. The van der Waals surface area contributed by atoms with E-state index in [4.69, 9.17) is 0 Å². The molecule has 0 unspecified atom stereocenters. The number of carbonyl (C=O) groups excluding carboxylic acids is 1. The fraction of sp³-hybridized carbons (Fsp3) is 0.150. The Labute approximate surface area is 165 Å². The van der Waals surface area contributed by atoms with E-state index in [0.717, 1.165) is 33.9 Å². The third-order valence-electron chi connectivity index (χ3n) is 4.20. The summed E-state index contributed by atoms with van der Waals surface area (Å²) in [5.74, 6) is 1.13. The summed E-state index contributed by atoms with van der Waals surface area (Å²) < 4.78 is 1.95. The molecule has 4 aromatic rings. The number of thioether (sulfide) groups is 1. The number of amides is 1. The standard InChI is InChI=1S/C20H18N4OS2/c1-24-18(12-17-7-4-10-26-17)22-23-20(24)27-13-19(25)21-16-9-8-14-5-2-3-6-15(14)11-16/h2-11H,12-13H2,1H3,(H,21,25). The number of hydrogen-bond donors (Lipinski definition) is 1. The Balaban J connectivity index is 1.36. The van der Waals surface area contributed by atoms with E-state index >= 15 is 0 Å². The lowest BCUT2D eigenvalue weighted by atomic mass is 10.1. The molecule has 0 aliphatic heterocycles. The molecule has 2 aromatic heterocycles. The molecule has 1 amide bonds. The van der Waals surface area contributed by atoms with Crippen LogP contribution in [-0.4, -0.2) is 26.4 Å². The van der Waals surface area contributed by atoms with Crippen LogP contribution in [0.3, 0.4) is 0 Å². The number of nitrogens with zero attached hydrogens (tertiary/aromatic N) is 3. The van der Waals surface area contributed by atoms with Gasteiger partial charge in [-0.2, -0.15) is 0 Å². The van der Waals surface area contributed by atoms with Crippen LogP contribution in [0.15, 0.2) is 65.1 Å². The highest BCUT2D eigenvalue weighted by molar-refractivity contribution is 7.99. The number of fused-ring (bicyclic) bond motifs is 1. The summed E-state index contributed by atoms with van der Waals surface area (Å²) in [6, 6.07) is 18.1. The molecule has 2 aromatic carbocycles. The van der Waals surface area contributed by atoms with Crippen molar-refractivity contribution in [1.29, 1.82) is 0 Å². The average molecular weight is 395 g/mol. The van der Waals surface area contributed by atoms with E-state index in [9.17, 15) is 4.79 Å². The number of thiophene rings is 1. The van der Waals surface area contributed by atoms with Gasteiger partial charge < -0.3 is 9.88 Å². The Morgan fingerprint density at radius 2 is 1.96 bits per heavy atom. The van der Waals surface area contributed by atoms with Crippen LogP contribution in [0.5, 0.6) is 0 Å². The molecular formula is C20H18N4OS2. The predicted molar refractivity (Wildman–Crippen MR) is 111 cm³/mol. The zero-order valence-corrected chi connectivity index (χ0v) is 16.4. The van der Waals surface area contributed by atoms with Crippen LogP contribution in [0.25, 0.3) is 10.8 Å². The maximum absolute atomic E-state index is 12.3. The molecule has 0 radical (unpaired) electrons. The normalized spacial score (nSPS) is 11.0. The summed E-state index contributed by atoms with van der Waals surface area (Å²) in [7, 11) is 1.94. The monoisotopic (exact) mass is 394 g/mol. The second kappa shape index (κ2) is 7.94. The van der Waals surface area contributed by atoms with Gasteiger partial charge in [-0.25, -0.2) is 0 Å². The minimum absolute atomic E-state index is 0.0573. The highest BCUT2D eigenvalue weighted by Gasteiger charge is 2.12. The summed E-state index contributed by atoms with van der Waals surface area (Å²) in [5.41, 5.74) is 0.802. The maximum Gasteiger partial charge on any atom is 0.234 e. The van der Waals surface area contributed by atoms with Crippen molar-refractivity contribution in [3.63, 3.8) is 0 Å². The number of hydrogen-bond acceptors (Lipinski definition) is 5. The van der Waals surface area contributed by atoms with Crippen molar-refractivity contribution in [2.75, 3.05) is 11.1 Å². The highest BCUT2D eigenvalue weighted by Crippen LogP contribution is 2.21. The van der Waals surface area contributed by atoms with Gasteiger partial charge in [0.05, 0.1) is 5.75 Å². The number of benzene rings is 2. The van der Waals surface area contributed by atoms with Crippen molar-refractivity contribution in [2.24, 2.45) is 7.05 Å². The van der Waals surface area contributed by atoms with Gasteiger partial charge >= 0.3 is 0 Å². The molecule has 0 spiro atoms. The first-order valence-electron chi connectivity index (χ1n) is 8.51. The Hall–Kier alpha value is -2.64. The minimum Gasteiger partial charge on any atom is -0.325 e. The van der Waals surface area contributed by atoms with Crippen molar-refractivity contribution < 1.29 is 4.79 Å². The summed E-state index contributed by atoms with van der Waals surface area (Å²) in [5, 5.41) is 16.5. The van der Waals surface area contributed by atoms with Gasteiger partial charge in [0, 0.05) is 24.0 Å². The number of rotatable bonds is 6. The van der Waals surface area contributed by atoms with Crippen LogP contribution in [0.2, 0.25) is 0 Å². The van der Waals surface area contributed by atoms with E-state index in [1.807, 2.05) is 54.1 Å². The molecule has 2 heterocycles. The van der Waals surface area contributed by atoms with E-state index in [1.165, 1.54) is 16.6 Å². The summed E-state index contributed by atoms with van der Waals surface area (Å²) in [4.78, 5) is 13.6. The van der Waals surface area contributed by atoms with Gasteiger partial charge in [0.2, 0.25) is 5.91 Å². The molecule has 7 heteroatoms. The number of aromatic nitrogens is 3. The van der Waals surface area contributed by atoms with Crippen molar-refractivity contribution >= 4 is 45.5 Å². The van der Waals surface area contributed by atoms with Crippen LogP contribution in [0, 0.1) is 0 Å². The number of nitrogens with one attached hydrogen (secondary N) is 1. The molecule has 0 aliphatic carbocycles. The fourth-order valence-corrected chi connectivity index (χ4v) is 4.22. The molecule has 0 saturated heterocycles. The Morgan fingerprint density at radius 3 is 2.78 bits per heavy atom. The van der Waals surface area contributed by atoms with Crippen molar-refractivity contribution in [2.45, 2.75) is 11.6 Å². The van der Waals surface area contributed by atoms with Crippen LogP contribution < -0.4 is 5.32 Å². The molecule has 27 heavy (non-hydrogen) atoms. The SMILES string of the molecule is Cn1c(Cc2cccs2)nnc1SCC(=O)Nc1ccc2ccccc2c1. The smallest absolute Gasteiger partial charge is 0.234 e. The first-order chi connectivity index (χ1) is 13.2. The first kappa shape index (κ1) is 17.8. The summed E-state index contributed by atoms with van der Waals surface area (Å²) in [6.45, 7) is 0. The predicted octanol–water partition coefficient (Wildman–Crippen LogP) is 4.35.